The molecular weight excluding hydrogens is 424 g/mol. The molecule has 6 nitrogen and oxygen atoms in total. The van der Waals surface area contributed by atoms with Gasteiger partial charge in [0.15, 0.2) is 5.76 Å². The van der Waals surface area contributed by atoms with Gasteiger partial charge in [-0.15, -0.1) is 11.3 Å². The van der Waals surface area contributed by atoms with E-state index in [2.05, 4.69) is 13.0 Å². The van der Waals surface area contributed by atoms with Crippen molar-refractivity contribution in [2.24, 2.45) is 0 Å². The summed E-state index contributed by atoms with van der Waals surface area (Å²) in [5, 5.41) is 2.04. The molecule has 0 atom stereocenters. The molecule has 7 heteroatoms. The average Bonchev–Trinajstić information content (AvgIpc) is 3.48. The van der Waals surface area contributed by atoms with E-state index >= 15 is 0 Å². The van der Waals surface area contributed by atoms with Crippen molar-refractivity contribution in [1.29, 1.82) is 0 Å². The zero-order chi connectivity index (χ0) is 22.8. The molecule has 0 aliphatic heterocycles. The molecule has 0 fully saturated rings. The van der Waals surface area contributed by atoms with Crippen molar-refractivity contribution < 1.29 is 18.7 Å². The first kappa shape index (κ1) is 23.8. The van der Waals surface area contributed by atoms with Crippen LogP contribution in [0.5, 0.6) is 0 Å². The van der Waals surface area contributed by atoms with Crippen molar-refractivity contribution in [3.8, 4) is 0 Å². The van der Waals surface area contributed by atoms with Crippen LogP contribution in [0.15, 0.2) is 64.6 Å². The number of aryl methyl sites for hydroxylation is 1. The Balaban J connectivity index is 1.76. The Hall–Kier alpha value is -2.90. The molecule has 2 aromatic heterocycles. The Morgan fingerprint density at radius 3 is 2.50 bits per heavy atom. The van der Waals surface area contributed by atoms with Crippen LogP contribution in [0.25, 0.3) is 0 Å². The number of hydrogen-bond acceptors (Lipinski definition) is 5. The number of carbonyl (C=O) groups excluding carboxylic acids is 2. The third-order valence-electron chi connectivity index (χ3n) is 5.14. The molecule has 0 unspecified atom stereocenters. The monoisotopic (exact) mass is 454 g/mol. The van der Waals surface area contributed by atoms with E-state index in [9.17, 15) is 9.59 Å². The number of rotatable bonds is 12. The van der Waals surface area contributed by atoms with E-state index in [0.717, 1.165) is 10.4 Å². The van der Waals surface area contributed by atoms with Crippen LogP contribution in [0.3, 0.4) is 0 Å². The van der Waals surface area contributed by atoms with Crippen molar-refractivity contribution in [2.45, 2.75) is 33.4 Å². The van der Waals surface area contributed by atoms with E-state index in [1.165, 1.54) is 11.8 Å². The third-order valence-corrected chi connectivity index (χ3v) is 6.15. The maximum Gasteiger partial charge on any atom is 0.290 e. The number of benzene rings is 1. The highest BCUT2D eigenvalue weighted by atomic mass is 32.1. The number of hydrogen-bond donors (Lipinski definition) is 0. The second-order valence-corrected chi connectivity index (χ2v) is 8.52. The number of furan rings is 1. The fourth-order valence-electron chi connectivity index (χ4n) is 3.35. The number of carbonyl (C=O) groups is 2. The van der Waals surface area contributed by atoms with Crippen molar-refractivity contribution in [3.05, 3.63) is 81.9 Å². The first-order chi connectivity index (χ1) is 15.6. The Morgan fingerprint density at radius 1 is 1.03 bits per heavy atom. The van der Waals surface area contributed by atoms with Gasteiger partial charge in [-0.3, -0.25) is 9.59 Å². The molecule has 1 aromatic carbocycles. The van der Waals surface area contributed by atoms with Gasteiger partial charge in [-0.05, 0) is 55.0 Å². The number of thiophene rings is 1. The van der Waals surface area contributed by atoms with Crippen LogP contribution in [-0.4, -0.2) is 47.9 Å². The van der Waals surface area contributed by atoms with Crippen molar-refractivity contribution >= 4 is 23.2 Å². The lowest BCUT2D eigenvalue weighted by Crippen LogP contribution is -2.43. The summed E-state index contributed by atoms with van der Waals surface area (Å²) in [6.45, 7) is 6.55. The average molecular weight is 455 g/mol. The molecule has 2 amide bonds. The smallest absolute Gasteiger partial charge is 0.290 e. The predicted molar refractivity (Wildman–Crippen MR) is 125 cm³/mol. The summed E-state index contributed by atoms with van der Waals surface area (Å²) in [7, 11) is 0. The van der Waals surface area contributed by atoms with Crippen LogP contribution in [0.4, 0.5) is 0 Å². The summed E-state index contributed by atoms with van der Waals surface area (Å²) in [4.78, 5) is 30.9. The second-order valence-electron chi connectivity index (χ2n) is 7.52. The minimum atomic E-state index is -0.285. The molecule has 3 aromatic rings. The van der Waals surface area contributed by atoms with Gasteiger partial charge in [0.05, 0.1) is 12.8 Å². The van der Waals surface area contributed by atoms with E-state index < -0.39 is 0 Å². The zero-order valence-corrected chi connectivity index (χ0v) is 19.5. The van der Waals surface area contributed by atoms with Crippen LogP contribution >= 0.6 is 11.3 Å². The normalized spacial score (nSPS) is 10.8. The van der Waals surface area contributed by atoms with Gasteiger partial charge >= 0.3 is 0 Å². The van der Waals surface area contributed by atoms with Crippen LogP contribution < -0.4 is 0 Å². The van der Waals surface area contributed by atoms with Gasteiger partial charge in [-0.2, -0.15) is 0 Å². The fraction of sp³-hybridized carbons (Fsp3) is 0.360. The second kappa shape index (κ2) is 12.2. The third kappa shape index (κ3) is 6.80. The molecule has 0 saturated carbocycles. The number of ether oxygens (including phenoxy) is 1. The lowest BCUT2D eigenvalue weighted by atomic mass is 10.2. The van der Waals surface area contributed by atoms with Crippen LogP contribution in [-0.2, 0) is 22.6 Å². The quantitative estimate of drug-likeness (QED) is 0.371. The molecule has 2 heterocycles. The molecule has 0 saturated heterocycles. The van der Waals surface area contributed by atoms with Crippen molar-refractivity contribution in [1.82, 2.24) is 9.80 Å². The molecule has 0 spiro atoms. The summed E-state index contributed by atoms with van der Waals surface area (Å²) in [6.07, 6.45) is 2.12. The Morgan fingerprint density at radius 2 is 1.84 bits per heavy atom. The molecular formula is C25H30N2O4S. The Bertz CT molecular complexity index is 969. The molecule has 0 aliphatic carbocycles. The zero-order valence-electron chi connectivity index (χ0n) is 18.7. The topological polar surface area (TPSA) is 63.0 Å². The van der Waals surface area contributed by atoms with E-state index in [4.69, 9.17) is 9.15 Å². The summed E-state index contributed by atoms with van der Waals surface area (Å²) < 4.78 is 10.7. The fourth-order valence-corrected chi connectivity index (χ4v) is 4.27. The maximum absolute atomic E-state index is 13.4. The first-order valence-corrected chi connectivity index (χ1v) is 11.7. The molecule has 0 bridgehead atoms. The Kier molecular flexibility index (Phi) is 9.07. The maximum atomic E-state index is 13.4. The molecule has 170 valence electrons. The molecule has 0 aliphatic rings. The summed E-state index contributed by atoms with van der Waals surface area (Å²) in [5.41, 5.74) is 2.22. The van der Waals surface area contributed by atoms with Crippen LogP contribution in [0.2, 0.25) is 0 Å². The van der Waals surface area contributed by atoms with Crippen LogP contribution in [0, 0.1) is 6.92 Å². The van der Waals surface area contributed by atoms with Gasteiger partial charge in [0, 0.05) is 31.2 Å². The van der Waals surface area contributed by atoms with Gasteiger partial charge in [-0.25, -0.2) is 0 Å². The van der Waals surface area contributed by atoms with E-state index in [-0.39, 0.29) is 24.1 Å². The van der Waals surface area contributed by atoms with Gasteiger partial charge in [0.25, 0.3) is 5.91 Å². The van der Waals surface area contributed by atoms with Crippen molar-refractivity contribution in [2.75, 3.05) is 26.3 Å². The standard InChI is InChI=1S/C25H30N2O4S/c1-3-30-14-8-13-26(25(29)22-11-7-15-31-22)19-24(28)27(17-21-9-5-4-6-10-21)18-23-20(2)12-16-32-23/h4-7,9-12,15-16H,3,8,13-14,17-19H2,1-2H3. The molecule has 3 rings (SSSR count). The highest BCUT2D eigenvalue weighted by Crippen LogP contribution is 2.20. The largest absolute Gasteiger partial charge is 0.459 e. The SMILES string of the molecule is CCOCCCN(CC(=O)N(Cc1ccccc1)Cc1sccc1C)C(=O)c1ccco1. The summed E-state index contributed by atoms with van der Waals surface area (Å²) >= 11 is 1.64. The van der Waals surface area contributed by atoms with E-state index in [0.29, 0.717) is 39.3 Å². The van der Waals surface area contributed by atoms with Gasteiger partial charge in [-0.1, -0.05) is 30.3 Å². The van der Waals surface area contributed by atoms with E-state index in [1.54, 1.807) is 28.4 Å². The first-order valence-electron chi connectivity index (χ1n) is 10.8. The van der Waals surface area contributed by atoms with Crippen LogP contribution in [0.1, 0.15) is 39.9 Å². The predicted octanol–water partition coefficient (Wildman–Crippen LogP) is 4.75. The Labute approximate surface area is 193 Å². The highest BCUT2D eigenvalue weighted by Gasteiger charge is 2.24. The minimum absolute atomic E-state index is 0.0110. The minimum Gasteiger partial charge on any atom is -0.459 e. The summed E-state index contributed by atoms with van der Waals surface area (Å²) in [6, 6.07) is 15.3. The summed E-state index contributed by atoms with van der Waals surface area (Å²) in [5.74, 6) is -0.150. The highest BCUT2D eigenvalue weighted by molar-refractivity contribution is 7.10. The molecule has 0 radical (unpaired) electrons. The number of nitrogens with zero attached hydrogens (tertiary/aromatic N) is 2. The van der Waals surface area contributed by atoms with Gasteiger partial charge < -0.3 is 19.0 Å². The van der Waals surface area contributed by atoms with E-state index in [1.807, 2.05) is 47.5 Å². The van der Waals surface area contributed by atoms with Crippen molar-refractivity contribution in [3.63, 3.8) is 0 Å². The molecule has 0 N–H and O–H groups in total. The van der Waals surface area contributed by atoms with Gasteiger partial charge in [0.2, 0.25) is 5.91 Å². The lowest BCUT2D eigenvalue weighted by Gasteiger charge is -2.27. The molecule has 32 heavy (non-hydrogen) atoms. The number of amides is 2. The van der Waals surface area contributed by atoms with Gasteiger partial charge in [0.1, 0.15) is 6.54 Å². The lowest BCUT2D eigenvalue weighted by molar-refractivity contribution is -0.133.